The summed E-state index contributed by atoms with van der Waals surface area (Å²) in [4.78, 5) is 0. The molecule has 0 spiro atoms. The summed E-state index contributed by atoms with van der Waals surface area (Å²) in [7, 11) is 0. The van der Waals surface area contributed by atoms with E-state index >= 15 is 0 Å². The number of allylic oxidation sites excluding steroid dienone is 1. The molecule has 0 nitrogen and oxygen atoms in total. The third-order valence-electron chi connectivity index (χ3n) is 0.658. The van der Waals surface area contributed by atoms with Gasteiger partial charge in [-0.2, -0.15) is 6.42 Å². The summed E-state index contributed by atoms with van der Waals surface area (Å²) in [6.07, 6.45) is 5.25. The normalized spacial score (nSPS) is 7.00. The molecular weight excluding hydrogens is 137 g/mol. The summed E-state index contributed by atoms with van der Waals surface area (Å²) in [5, 5.41) is 0. The third-order valence-corrected chi connectivity index (χ3v) is 0.658. The summed E-state index contributed by atoms with van der Waals surface area (Å²) >= 11 is 0. The molecule has 0 saturated carbocycles. The fourth-order valence-electron chi connectivity index (χ4n) is 0.289. The van der Waals surface area contributed by atoms with E-state index in [2.05, 4.69) is 13.5 Å². The second kappa shape index (κ2) is 9.61. The second-order valence-corrected chi connectivity index (χ2v) is 1.28. The molecular formula is C6H11Zn-. The smallest absolute Gasteiger partial charge is 0 e. The minimum atomic E-state index is 0. The Morgan fingerprint density at radius 3 is 2.29 bits per heavy atom. The molecule has 38 valence electrons. The van der Waals surface area contributed by atoms with Gasteiger partial charge in [-0.3, -0.25) is 0 Å². The molecule has 0 rings (SSSR count). The van der Waals surface area contributed by atoms with Crippen molar-refractivity contribution in [1.29, 1.82) is 0 Å². The first-order chi connectivity index (χ1) is 2.91. The van der Waals surface area contributed by atoms with Gasteiger partial charge in [-0.15, -0.1) is 6.58 Å². The van der Waals surface area contributed by atoms with Gasteiger partial charge in [0, 0.05) is 19.5 Å². The Bertz CT molecular complexity index is 33.2. The maximum atomic E-state index is 3.68. The quantitative estimate of drug-likeness (QED) is 0.249. The number of hydrogen-bond donors (Lipinski definition) is 0. The molecule has 0 radical (unpaired) electrons. The standard InChI is InChI=1S/C6H11.Zn/c1-3-5-6-4-2;/h3H,1-2,4-6H2;/q-1;. The maximum Gasteiger partial charge on any atom is 0 e. The molecule has 0 aromatic carbocycles. The van der Waals surface area contributed by atoms with Crippen LogP contribution in [0.1, 0.15) is 19.3 Å². The van der Waals surface area contributed by atoms with Crippen LogP contribution >= 0.6 is 0 Å². The molecule has 0 aromatic heterocycles. The molecule has 0 bridgehead atoms. The van der Waals surface area contributed by atoms with E-state index in [0.717, 1.165) is 12.8 Å². The van der Waals surface area contributed by atoms with E-state index < -0.39 is 0 Å². The van der Waals surface area contributed by atoms with Crippen molar-refractivity contribution in [3.8, 4) is 0 Å². The van der Waals surface area contributed by atoms with Gasteiger partial charge in [0.15, 0.2) is 0 Å². The van der Waals surface area contributed by atoms with E-state index in [-0.39, 0.29) is 19.5 Å². The van der Waals surface area contributed by atoms with Crippen LogP contribution in [0, 0.1) is 6.92 Å². The molecule has 0 atom stereocenters. The number of hydrogen-bond acceptors (Lipinski definition) is 0. The van der Waals surface area contributed by atoms with Crippen LogP contribution in [0.15, 0.2) is 12.7 Å². The van der Waals surface area contributed by atoms with Gasteiger partial charge in [-0.05, 0) is 6.42 Å². The van der Waals surface area contributed by atoms with Gasteiger partial charge < -0.3 is 6.92 Å². The predicted molar refractivity (Wildman–Crippen MR) is 29.4 cm³/mol. The Labute approximate surface area is 58.8 Å². The molecule has 7 heavy (non-hydrogen) atoms. The van der Waals surface area contributed by atoms with E-state index in [1.54, 1.807) is 0 Å². The first kappa shape index (κ1) is 10.4. The molecule has 0 N–H and O–H groups in total. The van der Waals surface area contributed by atoms with Crippen LogP contribution in [0.5, 0.6) is 0 Å². The molecule has 0 unspecified atom stereocenters. The largest absolute Gasteiger partial charge is 0.343 e. The Morgan fingerprint density at radius 2 is 2.14 bits per heavy atom. The van der Waals surface area contributed by atoms with Crippen molar-refractivity contribution in [2.45, 2.75) is 19.3 Å². The number of rotatable bonds is 3. The third kappa shape index (κ3) is 10.7. The summed E-state index contributed by atoms with van der Waals surface area (Å²) in [5.41, 5.74) is 0. The zero-order valence-corrected chi connectivity index (χ0v) is 7.79. The van der Waals surface area contributed by atoms with Crippen molar-refractivity contribution >= 4 is 0 Å². The fourth-order valence-corrected chi connectivity index (χ4v) is 0.289. The Hall–Kier alpha value is 0.363. The average molecular weight is 149 g/mol. The molecule has 0 aliphatic heterocycles. The summed E-state index contributed by atoms with van der Waals surface area (Å²) in [6, 6.07) is 0. The van der Waals surface area contributed by atoms with Gasteiger partial charge >= 0.3 is 0 Å². The van der Waals surface area contributed by atoms with Gasteiger partial charge in [0.25, 0.3) is 0 Å². The molecule has 0 amide bonds. The average Bonchev–Trinajstić information content (AvgIpc) is 1.61. The van der Waals surface area contributed by atoms with Crippen LogP contribution in [-0.4, -0.2) is 0 Å². The van der Waals surface area contributed by atoms with Crippen LogP contribution in [0.2, 0.25) is 0 Å². The number of unbranched alkanes of at least 4 members (excludes halogenated alkanes) is 2. The molecule has 0 fully saturated rings. The zero-order chi connectivity index (χ0) is 4.83. The Kier molecular flexibility index (Phi) is 14.2. The van der Waals surface area contributed by atoms with Gasteiger partial charge in [-0.1, -0.05) is 12.5 Å². The monoisotopic (exact) mass is 147 g/mol. The minimum absolute atomic E-state index is 0. The SMILES string of the molecule is C=CCCC[CH2-].[Zn]. The maximum absolute atomic E-state index is 3.68. The van der Waals surface area contributed by atoms with Crippen LogP contribution in [0.3, 0.4) is 0 Å². The molecule has 0 heterocycles. The van der Waals surface area contributed by atoms with E-state index in [1.807, 2.05) is 6.08 Å². The van der Waals surface area contributed by atoms with Gasteiger partial charge in [0.2, 0.25) is 0 Å². The zero-order valence-electron chi connectivity index (χ0n) is 4.82. The van der Waals surface area contributed by atoms with Crippen molar-refractivity contribution in [2.24, 2.45) is 0 Å². The molecule has 1 heteroatoms. The van der Waals surface area contributed by atoms with E-state index in [1.165, 1.54) is 6.42 Å². The first-order valence-electron chi connectivity index (χ1n) is 2.32. The molecule has 0 aromatic rings. The van der Waals surface area contributed by atoms with Crippen LogP contribution in [0.4, 0.5) is 0 Å². The predicted octanol–water partition coefficient (Wildman–Crippen LogP) is 2.17. The Morgan fingerprint density at radius 1 is 1.57 bits per heavy atom. The summed E-state index contributed by atoms with van der Waals surface area (Å²) in [5.74, 6) is 0. The van der Waals surface area contributed by atoms with Crippen molar-refractivity contribution in [3.05, 3.63) is 19.6 Å². The fraction of sp³-hybridized carbons (Fsp3) is 0.500. The molecule has 0 aliphatic rings. The van der Waals surface area contributed by atoms with Gasteiger partial charge in [0.1, 0.15) is 0 Å². The topological polar surface area (TPSA) is 0 Å². The Balaban J connectivity index is 0. The van der Waals surface area contributed by atoms with Gasteiger partial charge in [-0.25, -0.2) is 0 Å². The summed E-state index contributed by atoms with van der Waals surface area (Å²) < 4.78 is 0. The first-order valence-corrected chi connectivity index (χ1v) is 2.32. The minimum Gasteiger partial charge on any atom is -0.343 e. The van der Waals surface area contributed by atoms with E-state index in [4.69, 9.17) is 0 Å². The van der Waals surface area contributed by atoms with Crippen molar-refractivity contribution < 1.29 is 19.5 Å². The van der Waals surface area contributed by atoms with Crippen molar-refractivity contribution in [1.82, 2.24) is 0 Å². The second-order valence-electron chi connectivity index (χ2n) is 1.28. The van der Waals surface area contributed by atoms with Crippen LogP contribution in [0.25, 0.3) is 0 Å². The van der Waals surface area contributed by atoms with Crippen LogP contribution < -0.4 is 0 Å². The van der Waals surface area contributed by atoms with Gasteiger partial charge in [0.05, 0.1) is 0 Å². The van der Waals surface area contributed by atoms with Crippen molar-refractivity contribution in [3.63, 3.8) is 0 Å². The molecule has 0 saturated heterocycles. The molecule has 0 aliphatic carbocycles. The van der Waals surface area contributed by atoms with E-state index in [0.29, 0.717) is 0 Å². The van der Waals surface area contributed by atoms with Crippen LogP contribution in [-0.2, 0) is 19.5 Å². The van der Waals surface area contributed by atoms with Crippen molar-refractivity contribution in [2.75, 3.05) is 0 Å². The van der Waals surface area contributed by atoms with E-state index in [9.17, 15) is 0 Å². The summed E-state index contributed by atoms with van der Waals surface area (Å²) in [6.45, 7) is 7.25.